The second-order valence-electron chi connectivity index (χ2n) is 5.81. The van der Waals surface area contributed by atoms with E-state index in [1.807, 2.05) is 0 Å². The Morgan fingerprint density at radius 3 is 2.95 bits per heavy atom. The van der Waals surface area contributed by atoms with Crippen molar-refractivity contribution in [2.24, 2.45) is 0 Å². The Morgan fingerprint density at radius 1 is 1.36 bits per heavy atom. The van der Waals surface area contributed by atoms with Gasteiger partial charge in [0.2, 0.25) is 0 Å². The third-order valence-electron chi connectivity index (χ3n) is 4.05. The fourth-order valence-electron chi connectivity index (χ4n) is 3.07. The summed E-state index contributed by atoms with van der Waals surface area (Å²) in [6, 6.07) is 7.60. The summed E-state index contributed by atoms with van der Waals surface area (Å²) < 4.78 is 24.0. The predicted octanol–water partition coefficient (Wildman–Crippen LogP) is 2.93. The van der Waals surface area contributed by atoms with Crippen LogP contribution in [0.5, 0.6) is 0 Å². The van der Waals surface area contributed by atoms with E-state index in [0.717, 1.165) is 38.2 Å². The van der Waals surface area contributed by atoms with E-state index < -0.39 is 9.84 Å². The minimum absolute atomic E-state index is 0.194. The third kappa shape index (κ3) is 3.56. The van der Waals surface area contributed by atoms with E-state index in [1.54, 1.807) is 29.7 Å². The number of likely N-dealkylation sites (tertiary alicyclic amines) is 1. The average Bonchev–Trinajstić information content (AvgIpc) is 3.00. The van der Waals surface area contributed by atoms with Crippen molar-refractivity contribution in [2.75, 3.05) is 19.3 Å². The summed E-state index contributed by atoms with van der Waals surface area (Å²) in [5.74, 6) is 0.194. The predicted molar refractivity (Wildman–Crippen MR) is 88.9 cm³/mol. The van der Waals surface area contributed by atoms with Gasteiger partial charge in [0.05, 0.1) is 10.6 Å². The quantitative estimate of drug-likeness (QED) is 0.861. The average molecular weight is 336 g/mol. The van der Waals surface area contributed by atoms with Crippen LogP contribution >= 0.6 is 11.3 Å². The first kappa shape index (κ1) is 15.6. The van der Waals surface area contributed by atoms with Gasteiger partial charge < -0.3 is 0 Å². The molecule has 0 unspecified atom stereocenters. The van der Waals surface area contributed by atoms with E-state index in [2.05, 4.69) is 27.4 Å². The number of hydrogen-bond donors (Lipinski definition) is 0. The molecule has 1 aliphatic heterocycles. The van der Waals surface area contributed by atoms with Crippen LogP contribution in [0.2, 0.25) is 0 Å². The molecule has 0 radical (unpaired) electrons. The molecule has 4 nitrogen and oxygen atoms in total. The standard InChI is InChI=1S/C16H20N2O2S2/c1-22(19,20)15-7-2-8-17-16(15)13-5-3-9-18(11-13)12-14-6-4-10-21-14/h2,4,6-8,10,13H,3,5,9,11-12H2,1H3/t13-/m0/s1. The van der Waals surface area contributed by atoms with Gasteiger partial charge in [-0.1, -0.05) is 6.07 Å². The first-order valence-corrected chi connectivity index (χ1v) is 10.2. The first-order chi connectivity index (χ1) is 10.5. The Bertz CT molecular complexity index is 726. The Hall–Kier alpha value is -1.24. The van der Waals surface area contributed by atoms with Crippen LogP contribution in [-0.4, -0.2) is 37.6 Å². The van der Waals surface area contributed by atoms with Gasteiger partial charge in [-0.05, 0) is 43.0 Å². The Balaban J connectivity index is 1.80. The molecular weight excluding hydrogens is 316 g/mol. The van der Waals surface area contributed by atoms with Crippen LogP contribution in [0.4, 0.5) is 0 Å². The molecule has 2 aromatic heterocycles. The molecule has 0 spiro atoms. The molecule has 22 heavy (non-hydrogen) atoms. The van der Waals surface area contributed by atoms with Gasteiger partial charge in [-0.3, -0.25) is 9.88 Å². The molecule has 3 rings (SSSR count). The lowest BCUT2D eigenvalue weighted by atomic mass is 9.94. The fraction of sp³-hybridized carbons (Fsp3) is 0.438. The highest BCUT2D eigenvalue weighted by Gasteiger charge is 2.27. The molecule has 0 saturated carbocycles. The van der Waals surface area contributed by atoms with Gasteiger partial charge >= 0.3 is 0 Å². The van der Waals surface area contributed by atoms with Crippen molar-refractivity contribution in [2.45, 2.75) is 30.2 Å². The van der Waals surface area contributed by atoms with Crippen LogP contribution in [-0.2, 0) is 16.4 Å². The molecule has 0 bridgehead atoms. The SMILES string of the molecule is CS(=O)(=O)c1cccnc1[C@H]1CCCN(Cc2cccs2)C1. The summed E-state index contributed by atoms with van der Waals surface area (Å²) in [6.07, 6.45) is 5.04. The van der Waals surface area contributed by atoms with Crippen LogP contribution in [0.3, 0.4) is 0 Å². The summed E-state index contributed by atoms with van der Waals surface area (Å²) in [5.41, 5.74) is 0.737. The molecule has 0 aliphatic carbocycles. The molecule has 1 aliphatic rings. The van der Waals surface area contributed by atoms with Gasteiger partial charge in [0, 0.05) is 36.3 Å². The van der Waals surface area contributed by atoms with Gasteiger partial charge in [0.1, 0.15) is 0 Å². The molecule has 2 aromatic rings. The van der Waals surface area contributed by atoms with Crippen molar-refractivity contribution in [1.82, 2.24) is 9.88 Å². The lowest BCUT2D eigenvalue weighted by molar-refractivity contribution is 0.199. The first-order valence-electron chi connectivity index (χ1n) is 7.44. The second kappa shape index (κ2) is 6.48. The van der Waals surface area contributed by atoms with Crippen molar-refractivity contribution in [3.05, 3.63) is 46.4 Å². The summed E-state index contributed by atoms with van der Waals surface area (Å²) in [4.78, 5) is 8.54. The molecule has 1 saturated heterocycles. The van der Waals surface area contributed by atoms with Crippen LogP contribution in [0.1, 0.15) is 29.3 Å². The van der Waals surface area contributed by atoms with E-state index in [0.29, 0.717) is 4.90 Å². The zero-order valence-electron chi connectivity index (χ0n) is 12.6. The van der Waals surface area contributed by atoms with Crippen molar-refractivity contribution < 1.29 is 8.42 Å². The van der Waals surface area contributed by atoms with E-state index >= 15 is 0 Å². The highest BCUT2D eigenvalue weighted by Crippen LogP contribution is 2.30. The largest absolute Gasteiger partial charge is 0.298 e. The molecular formula is C16H20N2O2S2. The van der Waals surface area contributed by atoms with Gasteiger partial charge in [0.25, 0.3) is 0 Å². The number of pyridine rings is 1. The number of hydrogen-bond acceptors (Lipinski definition) is 5. The van der Waals surface area contributed by atoms with Crippen molar-refractivity contribution >= 4 is 21.2 Å². The van der Waals surface area contributed by atoms with Crippen molar-refractivity contribution in [1.29, 1.82) is 0 Å². The topological polar surface area (TPSA) is 50.3 Å². The fourth-order valence-corrected chi connectivity index (χ4v) is 4.74. The second-order valence-corrected chi connectivity index (χ2v) is 8.83. The molecule has 1 atom stereocenters. The zero-order valence-corrected chi connectivity index (χ0v) is 14.2. The van der Waals surface area contributed by atoms with Crippen molar-refractivity contribution in [3.63, 3.8) is 0 Å². The van der Waals surface area contributed by atoms with Crippen LogP contribution < -0.4 is 0 Å². The number of rotatable bonds is 4. The van der Waals surface area contributed by atoms with Crippen LogP contribution in [0.25, 0.3) is 0 Å². The van der Waals surface area contributed by atoms with Gasteiger partial charge in [-0.25, -0.2) is 8.42 Å². The number of piperidine rings is 1. The minimum atomic E-state index is -3.23. The molecule has 6 heteroatoms. The molecule has 0 aromatic carbocycles. The normalized spacial score (nSPS) is 20.1. The summed E-state index contributed by atoms with van der Waals surface area (Å²) >= 11 is 1.77. The van der Waals surface area contributed by atoms with Gasteiger partial charge in [-0.15, -0.1) is 11.3 Å². The zero-order chi connectivity index (χ0) is 15.6. The maximum atomic E-state index is 12.0. The third-order valence-corrected chi connectivity index (χ3v) is 6.06. The smallest absolute Gasteiger partial charge is 0.177 e. The Morgan fingerprint density at radius 2 is 2.23 bits per heavy atom. The minimum Gasteiger partial charge on any atom is -0.298 e. The molecule has 0 N–H and O–H groups in total. The van der Waals surface area contributed by atoms with Gasteiger partial charge in [0.15, 0.2) is 9.84 Å². The maximum absolute atomic E-state index is 12.0. The van der Waals surface area contributed by atoms with E-state index in [4.69, 9.17) is 0 Å². The number of aromatic nitrogens is 1. The lowest BCUT2D eigenvalue weighted by Gasteiger charge is -2.32. The van der Waals surface area contributed by atoms with E-state index in [1.165, 1.54) is 11.1 Å². The van der Waals surface area contributed by atoms with Crippen molar-refractivity contribution in [3.8, 4) is 0 Å². The highest BCUT2D eigenvalue weighted by molar-refractivity contribution is 7.90. The summed E-state index contributed by atoms with van der Waals surface area (Å²) in [6.45, 7) is 2.88. The monoisotopic (exact) mass is 336 g/mol. The van der Waals surface area contributed by atoms with E-state index in [-0.39, 0.29) is 5.92 Å². The highest BCUT2D eigenvalue weighted by atomic mass is 32.2. The molecule has 118 valence electrons. The lowest BCUT2D eigenvalue weighted by Crippen LogP contribution is -2.34. The number of nitrogens with zero attached hydrogens (tertiary/aromatic N) is 2. The van der Waals surface area contributed by atoms with Crippen LogP contribution in [0.15, 0.2) is 40.7 Å². The summed E-state index contributed by atoms with van der Waals surface area (Å²) in [5, 5.41) is 2.09. The Labute approximate surface area is 135 Å². The Kier molecular flexibility index (Phi) is 4.61. The molecule has 1 fully saturated rings. The molecule has 0 amide bonds. The maximum Gasteiger partial charge on any atom is 0.177 e. The summed E-state index contributed by atoms with van der Waals surface area (Å²) in [7, 11) is -3.23. The van der Waals surface area contributed by atoms with E-state index in [9.17, 15) is 8.42 Å². The molecule has 3 heterocycles. The van der Waals surface area contributed by atoms with Crippen LogP contribution in [0, 0.1) is 0 Å². The number of sulfone groups is 1. The number of thiophene rings is 1. The van der Waals surface area contributed by atoms with Gasteiger partial charge in [-0.2, -0.15) is 0 Å².